The van der Waals surface area contributed by atoms with Gasteiger partial charge in [-0.25, -0.2) is 9.07 Å². The number of rotatable bonds is 7. The molecule has 1 saturated heterocycles. The molecule has 7 nitrogen and oxygen atoms in total. The van der Waals surface area contributed by atoms with Gasteiger partial charge >= 0.3 is 0 Å². The zero-order chi connectivity index (χ0) is 20.9. The molecule has 0 unspecified atom stereocenters. The Balaban J connectivity index is 1.53. The highest BCUT2D eigenvalue weighted by Gasteiger charge is 2.23. The van der Waals surface area contributed by atoms with Crippen LogP contribution in [0.15, 0.2) is 48.8 Å². The number of aromatic nitrogens is 3. The maximum Gasteiger partial charge on any atom is 0.256 e. The largest absolute Gasteiger partial charge is 0.379 e. The smallest absolute Gasteiger partial charge is 0.256 e. The average molecular weight is 411 g/mol. The van der Waals surface area contributed by atoms with Crippen LogP contribution in [0.2, 0.25) is 0 Å². The third kappa shape index (κ3) is 4.44. The fourth-order valence-corrected chi connectivity index (χ4v) is 3.68. The Bertz CT molecular complexity index is 976. The Kier molecular flexibility index (Phi) is 6.25. The van der Waals surface area contributed by atoms with Crippen molar-refractivity contribution < 1.29 is 13.9 Å². The number of hydrogen-bond acceptors (Lipinski definition) is 4. The molecule has 0 atom stereocenters. The lowest BCUT2D eigenvalue weighted by Gasteiger charge is -2.26. The van der Waals surface area contributed by atoms with Gasteiger partial charge < -0.3 is 14.6 Å². The molecular formula is C22H26FN5O2. The highest BCUT2D eigenvalue weighted by Crippen LogP contribution is 2.23. The van der Waals surface area contributed by atoms with Crippen molar-refractivity contribution in [3.8, 4) is 11.5 Å². The lowest BCUT2D eigenvalue weighted by molar-refractivity contribution is 0.0374. The van der Waals surface area contributed by atoms with Gasteiger partial charge in [0.05, 0.1) is 24.6 Å². The number of ether oxygens (including phenoxy) is 1. The first-order valence-corrected chi connectivity index (χ1v) is 10.2. The summed E-state index contributed by atoms with van der Waals surface area (Å²) in [5.41, 5.74) is 1.82. The SMILES string of the molecule is Cc1nn(-c2ccc(F)cc2)c(-n2cccc2)c1C(=O)NCCCN1CCOCC1. The minimum absolute atomic E-state index is 0.161. The number of nitrogens with zero attached hydrogens (tertiary/aromatic N) is 4. The van der Waals surface area contributed by atoms with Crippen molar-refractivity contribution in [3.05, 3.63) is 65.9 Å². The van der Waals surface area contributed by atoms with E-state index in [1.807, 2.05) is 36.0 Å². The second-order valence-corrected chi connectivity index (χ2v) is 7.33. The van der Waals surface area contributed by atoms with Crippen LogP contribution in [0.1, 0.15) is 22.5 Å². The van der Waals surface area contributed by atoms with Crippen molar-refractivity contribution >= 4 is 5.91 Å². The number of aryl methyl sites for hydroxylation is 1. The number of hydrogen-bond donors (Lipinski definition) is 1. The van der Waals surface area contributed by atoms with Crippen molar-refractivity contribution in [2.45, 2.75) is 13.3 Å². The molecule has 0 bridgehead atoms. The Morgan fingerprint density at radius 1 is 1.17 bits per heavy atom. The molecule has 0 aliphatic carbocycles. The summed E-state index contributed by atoms with van der Waals surface area (Å²) in [5.74, 6) is 0.157. The van der Waals surface area contributed by atoms with Crippen LogP contribution in [0.3, 0.4) is 0 Å². The van der Waals surface area contributed by atoms with Gasteiger partial charge in [0.2, 0.25) is 0 Å². The van der Waals surface area contributed by atoms with Crippen LogP contribution in [-0.2, 0) is 4.74 Å². The lowest BCUT2D eigenvalue weighted by Crippen LogP contribution is -2.38. The monoisotopic (exact) mass is 411 g/mol. The fourth-order valence-electron chi connectivity index (χ4n) is 3.68. The van der Waals surface area contributed by atoms with Gasteiger partial charge in [-0.1, -0.05) is 0 Å². The van der Waals surface area contributed by atoms with Crippen LogP contribution in [0.25, 0.3) is 11.5 Å². The number of benzene rings is 1. The first kappa shape index (κ1) is 20.3. The number of carbonyl (C=O) groups is 1. The Hall–Kier alpha value is -2.97. The van der Waals surface area contributed by atoms with E-state index in [-0.39, 0.29) is 11.7 Å². The molecule has 1 fully saturated rings. The van der Waals surface area contributed by atoms with Crippen molar-refractivity contribution in [2.75, 3.05) is 39.4 Å². The average Bonchev–Trinajstić information content (AvgIpc) is 3.40. The summed E-state index contributed by atoms with van der Waals surface area (Å²) in [6, 6.07) is 9.86. The van der Waals surface area contributed by atoms with Gasteiger partial charge in [0.25, 0.3) is 5.91 Å². The van der Waals surface area contributed by atoms with Crippen LogP contribution in [0.4, 0.5) is 4.39 Å². The van der Waals surface area contributed by atoms with Crippen LogP contribution < -0.4 is 5.32 Å². The predicted molar refractivity (Wildman–Crippen MR) is 112 cm³/mol. The van der Waals surface area contributed by atoms with Crippen LogP contribution in [0.5, 0.6) is 0 Å². The topological polar surface area (TPSA) is 64.3 Å². The minimum Gasteiger partial charge on any atom is -0.379 e. The second kappa shape index (κ2) is 9.23. The molecular weight excluding hydrogens is 385 g/mol. The molecule has 3 heterocycles. The van der Waals surface area contributed by atoms with E-state index in [1.54, 1.807) is 16.8 Å². The Labute approximate surface area is 175 Å². The van der Waals surface area contributed by atoms with Crippen LogP contribution in [-0.4, -0.2) is 64.5 Å². The third-order valence-electron chi connectivity index (χ3n) is 5.22. The molecule has 158 valence electrons. The summed E-state index contributed by atoms with van der Waals surface area (Å²) in [6.45, 7) is 6.76. The highest BCUT2D eigenvalue weighted by molar-refractivity contribution is 5.98. The van der Waals surface area contributed by atoms with Gasteiger partial charge in [-0.05, 0) is 56.3 Å². The summed E-state index contributed by atoms with van der Waals surface area (Å²) in [5, 5.41) is 7.61. The first-order chi connectivity index (χ1) is 14.6. The second-order valence-electron chi connectivity index (χ2n) is 7.33. The summed E-state index contributed by atoms with van der Waals surface area (Å²) in [7, 11) is 0. The number of nitrogens with one attached hydrogen (secondary N) is 1. The van der Waals surface area contributed by atoms with Crippen LogP contribution >= 0.6 is 0 Å². The number of carbonyl (C=O) groups excluding carboxylic acids is 1. The quantitative estimate of drug-likeness (QED) is 0.607. The molecule has 1 N–H and O–H groups in total. The zero-order valence-electron chi connectivity index (χ0n) is 17.1. The molecule has 3 aromatic rings. The van der Waals surface area contributed by atoms with E-state index in [4.69, 9.17) is 4.74 Å². The summed E-state index contributed by atoms with van der Waals surface area (Å²) >= 11 is 0. The molecule has 1 aromatic carbocycles. The predicted octanol–water partition coefficient (Wildman–Crippen LogP) is 2.56. The zero-order valence-corrected chi connectivity index (χ0v) is 17.1. The standard InChI is InChI=1S/C22H26FN5O2/c1-17-20(21(29)24-9-4-10-26-13-15-30-16-14-26)22(27-11-2-3-12-27)28(25-17)19-7-5-18(23)6-8-19/h2-3,5-8,11-12H,4,9-10,13-16H2,1H3,(H,24,29). The van der Waals surface area contributed by atoms with Gasteiger partial charge in [-0.2, -0.15) is 5.10 Å². The molecule has 1 aliphatic heterocycles. The maximum absolute atomic E-state index is 13.4. The van der Waals surface area contributed by atoms with Crippen LogP contribution in [0, 0.1) is 12.7 Å². The van der Waals surface area contributed by atoms with Gasteiger partial charge in [0.15, 0.2) is 5.82 Å². The summed E-state index contributed by atoms with van der Waals surface area (Å²) < 4.78 is 22.3. The Morgan fingerprint density at radius 2 is 1.87 bits per heavy atom. The third-order valence-corrected chi connectivity index (χ3v) is 5.22. The van der Waals surface area contributed by atoms with Crippen molar-refractivity contribution in [2.24, 2.45) is 0 Å². The lowest BCUT2D eigenvalue weighted by atomic mass is 10.2. The van der Waals surface area contributed by atoms with Gasteiger partial charge in [-0.3, -0.25) is 9.69 Å². The molecule has 0 spiro atoms. The minimum atomic E-state index is -0.316. The molecule has 8 heteroatoms. The van der Waals surface area contributed by atoms with Crippen molar-refractivity contribution in [1.82, 2.24) is 24.6 Å². The number of halogens is 1. The fraction of sp³-hybridized carbons (Fsp3) is 0.364. The molecule has 4 rings (SSSR count). The van der Waals surface area contributed by atoms with E-state index < -0.39 is 0 Å². The van der Waals surface area contributed by atoms with Crippen molar-refractivity contribution in [3.63, 3.8) is 0 Å². The number of morpholine rings is 1. The molecule has 0 radical (unpaired) electrons. The van der Waals surface area contributed by atoms with Gasteiger partial charge in [-0.15, -0.1) is 0 Å². The maximum atomic E-state index is 13.4. The Morgan fingerprint density at radius 3 is 2.57 bits per heavy atom. The molecule has 1 amide bonds. The first-order valence-electron chi connectivity index (χ1n) is 10.2. The van der Waals surface area contributed by atoms with E-state index in [0.29, 0.717) is 29.3 Å². The van der Waals surface area contributed by atoms with Gasteiger partial charge in [0, 0.05) is 32.0 Å². The van der Waals surface area contributed by atoms with E-state index in [2.05, 4.69) is 15.3 Å². The summed E-state index contributed by atoms with van der Waals surface area (Å²) in [6.07, 6.45) is 4.60. The molecule has 1 aliphatic rings. The van der Waals surface area contributed by atoms with E-state index in [0.717, 1.165) is 39.3 Å². The normalized spacial score (nSPS) is 14.7. The van der Waals surface area contributed by atoms with E-state index in [9.17, 15) is 9.18 Å². The summed E-state index contributed by atoms with van der Waals surface area (Å²) in [4.78, 5) is 15.4. The van der Waals surface area contributed by atoms with Gasteiger partial charge in [0.1, 0.15) is 11.4 Å². The van der Waals surface area contributed by atoms with E-state index in [1.165, 1.54) is 12.1 Å². The van der Waals surface area contributed by atoms with E-state index >= 15 is 0 Å². The highest BCUT2D eigenvalue weighted by atomic mass is 19.1. The number of amides is 1. The molecule has 2 aromatic heterocycles. The van der Waals surface area contributed by atoms with Crippen molar-refractivity contribution in [1.29, 1.82) is 0 Å². The molecule has 30 heavy (non-hydrogen) atoms. The molecule has 0 saturated carbocycles.